The van der Waals surface area contributed by atoms with Gasteiger partial charge in [-0.1, -0.05) is 42.5 Å². The summed E-state index contributed by atoms with van der Waals surface area (Å²) in [6.45, 7) is -0.452. The number of hydrogen-bond donors (Lipinski definition) is 8. The number of fused-ring (bicyclic) bond motifs is 3. The SMILES string of the molecule is N=C(N)NCCC[C@H](NC(=O)OCc1cccc2c1Cc1ccccc1-2)C(=O)NCC(=O)N[C@@H](CC(=O)O)C(=O)O. The number of nitrogens with one attached hydrogen (secondary N) is 5. The van der Waals surface area contributed by atoms with Crippen LogP contribution < -0.4 is 27.0 Å². The number of benzene rings is 2. The minimum absolute atomic E-state index is 0.0359. The molecule has 3 rings (SSSR count). The van der Waals surface area contributed by atoms with E-state index < -0.39 is 54.9 Å². The molecule has 0 fully saturated rings. The van der Waals surface area contributed by atoms with Crippen LogP contribution in [0.3, 0.4) is 0 Å². The predicted molar refractivity (Wildman–Crippen MR) is 146 cm³/mol. The Morgan fingerprint density at radius 3 is 2.39 bits per heavy atom. The first-order valence-electron chi connectivity index (χ1n) is 12.8. The molecule has 9 N–H and O–H groups in total. The van der Waals surface area contributed by atoms with E-state index in [2.05, 4.69) is 16.0 Å². The summed E-state index contributed by atoms with van der Waals surface area (Å²) in [6, 6.07) is 11.0. The number of ether oxygens (including phenoxy) is 1. The maximum absolute atomic E-state index is 12.8. The highest BCUT2D eigenvalue weighted by Gasteiger charge is 2.26. The molecule has 14 nitrogen and oxygen atoms in total. The van der Waals surface area contributed by atoms with Crippen molar-refractivity contribution in [1.82, 2.24) is 21.3 Å². The summed E-state index contributed by atoms with van der Waals surface area (Å²) in [5.74, 6) is -4.90. The molecule has 0 heterocycles. The van der Waals surface area contributed by atoms with Crippen molar-refractivity contribution in [3.05, 3.63) is 59.2 Å². The smallest absolute Gasteiger partial charge is 0.408 e. The van der Waals surface area contributed by atoms with Crippen LogP contribution in [-0.2, 0) is 36.9 Å². The van der Waals surface area contributed by atoms with Gasteiger partial charge in [0.05, 0.1) is 13.0 Å². The maximum Gasteiger partial charge on any atom is 0.408 e. The lowest BCUT2D eigenvalue weighted by atomic mass is 10.0. The Kier molecular flexibility index (Phi) is 10.6. The fourth-order valence-corrected chi connectivity index (χ4v) is 4.39. The summed E-state index contributed by atoms with van der Waals surface area (Å²) in [5.41, 5.74) is 10.5. The van der Waals surface area contributed by atoms with Crippen LogP contribution in [-0.4, -0.2) is 71.2 Å². The van der Waals surface area contributed by atoms with Crippen LogP contribution in [0.2, 0.25) is 0 Å². The third-order valence-corrected chi connectivity index (χ3v) is 6.34. The normalized spacial score (nSPS) is 12.6. The molecule has 0 aromatic heterocycles. The minimum atomic E-state index is -1.68. The zero-order valence-electron chi connectivity index (χ0n) is 22.1. The standard InChI is InChI=1S/C27H32N6O8/c28-26(29)30-10-4-9-20(24(37)31-13-22(34)32-21(25(38)39)12-23(35)36)33-27(40)41-14-16-6-3-8-18-17-7-2-1-5-15(17)11-19(16)18/h1-3,5-8,20-21H,4,9-14H2,(H,31,37)(H,32,34)(H,33,40)(H,35,36)(H,38,39)(H4,28,29,30)/t20-,21-/m0/s1. The van der Waals surface area contributed by atoms with Gasteiger partial charge in [-0.3, -0.25) is 19.8 Å². The molecule has 1 aliphatic rings. The van der Waals surface area contributed by atoms with Crippen molar-refractivity contribution in [2.45, 2.75) is 44.4 Å². The summed E-state index contributed by atoms with van der Waals surface area (Å²) >= 11 is 0. The molecule has 0 saturated carbocycles. The number of carboxylic acid groups (broad SMARTS) is 2. The van der Waals surface area contributed by atoms with Crippen molar-refractivity contribution in [2.75, 3.05) is 13.1 Å². The van der Waals surface area contributed by atoms with Gasteiger partial charge in [0.25, 0.3) is 0 Å². The maximum atomic E-state index is 12.8. The number of aliphatic carboxylic acids is 2. The van der Waals surface area contributed by atoms with Gasteiger partial charge in [-0.05, 0) is 47.1 Å². The number of guanidine groups is 1. The van der Waals surface area contributed by atoms with Gasteiger partial charge in [-0.2, -0.15) is 0 Å². The second-order valence-corrected chi connectivity index (χ2v) is 9.31. The van der Waals surface area contributed by atoms with Crippen LogP contribution in [0.25, 0.3) is 11.1 Å². The molecule has 2 atom stereocenters. The molecular formula is C27H32N6O8. The Balaban J connectivity index is 1.58. The number of carbonyl (C=O) groups is 5. The first-order chi connectivity index (χ1) is 19.5. The molecule has 0 bridgehead atoms. The number of carboxylic acids is 2. The minimum Gasteiger partial charge on any atom is -0.481 e. The van der Waals surface area contributed by atoms with E-state index in [0.29, 0.717) is 12.8 Å². The second kappa shape index (κ2) is 14.3. The van der Waals surface area contributed by atoms with Crippen LogP contribution in [0.4, 0.5) is 4.79 Å². The average Bonchev–Trinajstić information content (AvgIpc) is 3.30. The Morgan fingerprint density at radius 1 is 0.951 bits per heavy atom. The van der Waals surface area contributed by atoms with Crippen LogP contribution in [0.1, 0.15) is 36.0 Å². The molecule has 0 spiro atoms. The first-order valence-corrected chi connectivity index (χ1v) is 12.8. The van der Waals surface area contributed by atoms with E-state index in [4.69, 9.17) is 26.1 Å². The Morgan fingerprint density at radius 2 is 1.68 bits per heavy atom. The summed E-state index contributed by atoms with van der Waals surface area (Å²) in [6.07, 6.45) is -0.595. The van der Waals surface area contributed by atoms with Gasteiger partial charge in [0.1, 0.15) is 18.7 Å². The summed E-state index contributed by atoms with van der Waals surface area (Å²) in [7, 11) is 0. The molecule has 0 saturated heterocycles. The van der Waals surface area contributed by atoms with E-state index in [0.717, 1.165) is 22.3 Å². The average molecular weight is 569 g/mol. The highest BCUT2D eigenvalue weighted by atomic mass is 16.5. The number of carbonyl (C=O) groups excluding carboxylic acids is 3. The predicted octanol–water partition coefficient (Wildman–Crippen LogP) is 0.276. The lowest BCUT2D eigenvalue weighted by Gasteiger charge is -2.19. The van der Waals surface area contributed by atoms with Crippen molar-refractivity contribution in [1.29, 1.82) is 5.41 Å². The largest absolute Gasteiger partial charge is 0.481 e. The van der Waals surface area contributed by atoms with E-state index in [1.165, 1.54) is 5.56 Å². The van der Waals surface area contributed by atoms with E-state index in [1.807, 2.05) is 47.8 Å². The number of amides is 3. The molecule has 2 aromatic carbocycles. The molecule has 14 heteroatoms. The second-order valence-electron chi connectivity index (χ2n) is 9.31. The fourth-order valence-electron chi connectivity index (χ4n) is 4.39. The van der Waals surface area contributed by atoms with Gasteiger partial charge in [0.15, 0.2) is 5.96 Å². The summed E-state index contributed by atoms with van der Waals surface area (Å²) in [5, 5.41) is 34.5. The van der Waals surface area contributed by atoms with Crippen LogP contribution in [0.15, 0.2) is 42.5 Å². The van der Waals surface area contributed by atoms with Gasteiger partial charge in [-0.25, -0.2) is 9.59 Å². The number of hydrogen-bond acceptors (Lipinski definition) is 7. The van der Waals surface area contributed by atoms with E-state index in [-0.39, 0.29) is 25.5 Å². The monoisotopic (exact) mass is 568 g/mol. The van der Waals surface area contributed by atoms with E-state index in [1.54, 1.807) is 0 Å². The van der Waals surface area contributed by atoms with Gasteiger partial charge in [0.2, 0.25) is 11.8 Å². The van der Waals surface area contributed by atoms with Crippen molar-refractivity contribution < 1.29 is 38.9 Å². The Bertz CT molecular complexity index is 1330. The van der Waals surface area contributed by atoms with Crippen LogP contribution >= 0.6 is 0 Å². The van der Waals surface area contributed by atoms with Crippen molar-refractivity contribution >= 4 is 35.8 Å². The zero-order chi connectivity index (χ0) is 29.9. The van der Waals surface area contributed by atoms with Crippen molar-refractivity contribution in [3.63, 3.8) is 0 Å². The number of rotatable bonds is 14. The molecule has 0 aliphatic heterocycles. The third kappa shape index (κ3) is 8.95. The van der Waals surface area contributed by atoms with Gasteiger partial charge < -0.3 is 42.0 Å². The number of alkyl carbamates (subject to hydrolysis) is 1. The van der Waals surface area contributed by atoms with Crippen LogP contribution in [0, 0.1) is 5.41 Å². The quantitative estimate of drug-likeness (QED) is 0.0751. The molecule has 2 aromatic rings. The fraction of sp³-hybridized carbons (Fsp3) is 0.333. The number of nitrogens with two attached hydrogens (primary N) is 1. The molecule has 0 radical (unpaired) electrons. The summed E-state index contributed by atoms with van der Waals surface area (Å²) < 4.78 is 5.42. The van der Waals surface area contributed by atoms with Crippen molar-refractivity contribution in [3.8, 4) is 11.1 Å². The zero-order valence-corrected chi connectivity index (χ0v) is 22.1. The van der Waals surface area contributed by atoms with Gasteiger partial charge in [-0.15, -0.1) is 0 Å². The molecule has 0 unspecified atom stereocenters. The Hall–Kier alpha value is -5.14. The molecule has 218 valence electrons. The summed E-state index contributed by atoms with van der Waals surface area (Å²) in [4.78, 5) is 59.6. The Labute approximate surface area is 235 Å². The highest BCUT2D eigenvalue weighted by Crippen LogP contribution is 2.38. The third-order valence-electron chi connectivity index (χ3n) is 6.34. The first kappa shape index (κ1) is 30.4. The van der Waals surface area contributed by atoms with Crippen LogP contribution in [0.5, 0.6) is 0 Å². The topological polar surface area (TPSA) is 233 Å². The highest BCUT2D eigenvalue weighted by molar-refractivity contribution is 5.91. The van der Waals surface area contributed by atoms with Gasteiger partial charge >= 0.3 is 18.0 Å². The van der Waals surface area contributed by atoms with Gasteiger partial charge in [0, 0.05) is 6.54 Å². The molecule has 1 aliphatic carbocycles. The van der Waals surface area contributed by atoms with Crippen molar-refractivity contribution in [2.24, 2.45) is 5.73 Å². The lowest BCUT2D eigenvalue weighted by molar-refractivity contribution is -0.147. The van der Waals surface area contributed by atoms with E-state index in [9.17, 15) is 24.0 Å². The molecular weight excluding hydrogens is 536 g/mol. The molecule has 3 amide bonds. The lowest BCUT2D eigenvalue weighted by Crippen LogP contribution is -2.51. The van der Waals surface area contributed by atoms with E-state index >= 15 is 0 Å². The molecule has 41 heavy (non-hydrogen) atoms.